The molecule has 1 N–H and O–H groups in total. The number of hydrogen-bond acceptors (Lipinski definition) is 4. The molecular formula is C21H26N4S. The van der Waals surface area contributed by atoms with Gasteiger partial charge in [-0.05, 0) is 24.8 Å². The zero-order valence-electron chi connectivity index (χ0n) is 15.4. The van der Waals surface area contributed by atoms with Gasteiger partial charge in [-0.25, -0.2) is 4.98 Å². The Morgan fingerprint density at radius 3 is 2.73 bits per heavy atom. The summed E-state index contributed by atoms with van der Waals surface area (Å²) in [6.45, 7) is 4.16. The van der Waals surface area contributed by atoms with Gasteiger partial charge in [-0.2, -0.15) is 11.8 Å². The first-order valence-electron chi connectivity index (χ1n) is 9.04. The lowest BCUT2D eigenvalue weighted by molar-refractivity contribution is 0.629. The molecule has 5 heteroatoms. The minimum atomic E-state index is 0.571. The van der Waals surface area contributed by atoms with Crippen LogP contribution in [0.15, 0.2) is 61.2 Å². The van der Waals surface area contributed by atoms with Crippen molar-refractivity contribution < 1.29 is 0 Å². The number of nitrogens with zero attached hydrogens (tertiary/aromatic N) is 3. The van der Waals surface area contributed by atoms with Crippen molar-refractivity contribution in [2.75, 3.05) is 18.1 Å². The molecule has 0 bridgehead atoms. The van der Waals surface area contributed by atoms with E-state index >= 15 is 0 Å². The number of hydrogen-bond donors (Lipinski definition) is 1. The lowest BCUT2D eigenvalue weighted by Crippen LogP contribution is -2.11. The van der Waals surface area contributed by atoms with Crippen molar-refractivity contribution >= 4 is 17.4 Å². The van der Waals surface area contributed by atoms with Crippen LogP contribution in [0.2, 0.25) is 0 Å². The highest BCUT2D eigenvalue weighted by Crippen LogP contribution is 2.25. The summed E-state index contributed by atoms with van der Waals surface area (Å²) in [6.07, 6.45) is 9.89. The molecule has 0 saturated heterocycles. The minimum Gasteiger partial charge on any atom is -0.384 e. The Bertz CT molecular complexity index is 786. The van der Waals surface area contributed by atoms with Crippen molar-refractivity contribution in [1.29, 1.82) is 0 Å². The van der Waals surface area contributed by atoms with Crippen molar-refractivity contribution in [2.24, 2.45) is 0 Å². The molecule has 0 spiro atoms. The molecule has 0 aliphatic heterocycles. The molecule has 1 atom stereocenters. The average Bonchev–Trinajstić information content (AvgIpc) is 3.09. The molecule has 2 aromatic heterocycles. The van der Waals surface area contributed by atoms with Gasteiger partial charge in [-0.15, -0.1) is 0 Å². The van der Waals surface area contributed by atoms with Gasteiger partial charge in [0.05, 0.1) is 17.7 Å². The van der Waals surface area contributed by atoms with Gasteiger partial charge in [-0.3, -0.25) is 4.98 Å². The molecule has 0 saturated carbocycles. The standard InChI is InChI=1S/C21H26N4S/c1-17(26-2)14-20-21(18-8-4-3-5-9-18)24-16-25(20)13-7-12-23-19-10-6-11-22-15-19/h3-6,8-11,15-17,23H,7,12-14H2,1-2H3/t17-/m1/s1. The highest BCUT2D eigenvalue weighted by atomic mass is 32.2. The largest absolute Gasteiger partial charge is 0.384 e. The van der Waals surface area contributed by atoms with Crippen molar-refractivity contribution in [3.8, 4) is 11.3 Å². The molecule has 0 aliphatic carbocycles. The average molecular weight is 367 g/mol. The van der Waals surface area contributed by atoms with E-state index in [1.54, 1.807) is 6.20 Å². The molecule has 136 valence electrons. The van der Waals surface area contributed by atoms with Gasteiger partial charge >= 0.3 is 0 Å². The molecular weight excluding hydrogens is 340 g/mol. The normalized spacial score (nSPS) is 12.1. The van der Waals surface area contributed by atoms with E-state index in [0.29, 0.717) is 5.25 Å². The van der Waals surface area contributed by atoms with Crippen LogP contribution < -0.4 is 5.32 Å². The van der Waals surface area contributed by atoms with Gasteiger partial charge < -0.3 is 9.88 Å². The third kappa shape index (κ3) is 4.88. The molecule has 0 radical (unpaired) electrons. The van der Waals surface area contributed by atoms with Gasteiger partial charge in [0.15, 0.2) is 0 Å². The van der Waals surface area contributed by atoms with Crippen molar-refractivity contribution in [2.45, 2.75) is 31.6 Å². The second-order valence-corrected chi connectivity index (χ2v) is 7.65. The van der Waals surface area contributed by atoms with Crippen LogP contribution in [0.4, 0.5) is 5.69 Å². The van der Waals surface area contributed by atoms with Gasteiger partial charge in [-0.1, -0.05) is 37.3 Å². The van der Waals surface area contributed by atoms with Crippen molar-refractivity contribution in [1.82, 2.24) is 14.5 Å². The lowest BCUT2D eigenvalue weighted by Gasteiger charge is -2.14. The van der Waals surface area contributed by atoms with Crippen LogP contribution in [-0.4, -0.2) is 32.6 Å². The predicted molar refractivity (Wildman–Crippen MR) is 112 cm³/mol. The second-order valence-electron chi connectivity index (χ2n) is 6.37. The summed E-state index contributed by atoms with van der Waals surface area (Å²) >= 11 is 1.90. The van der Waals surface area contributed by atoms with Gasteiger partial charge in [0.25, 0.3) is 0 Å². The Morgan fingerprint density at radius 2 is 2.00 bits per heavy atom. The van der Waals surface area contributed by atoms with Crippen LogP contribution >= 0.6 is 11.8 Å². The van der Waals surface area contributed by atoms with E-state index in [1.165, 1.54) is 11.3 Å². The Morgan fingerprint density at radius 1 is 1.15 bits per heavy atom. The second kappa shape index (κ2) is 9.43. The molecule has 0 aliphatic rings. The Labute approximate surface area is 160 Å². The third-order valence-corrected chi connectivity index (χ3v) is 5.41. The first-order valence-corrected chi connectivity index (χ1v) is 10.3. The summed E-state index contributed by atoms with van der Waals surface area (Å²) in [5.74, 6) is 0. The number of nitrogens with one attached hydrogen (secondary N) is 1. The molecule has 0 fully saturated rings. The first kappa shape index (κ1) is 18.5. The Balaban J connectivity index is 1.68. The quantitative estimate of drug-likeness (QED) is 0.555. The van der Waals surface area contributed by atoms with Crippen LogP contribution in [-0.2, 0) is 13.0 Å². The molecule has 3 aromatic rings. The molecule has 26 heavy (non-hydrogen) atoms. The van der Waals surface area contributed by atoms with Crippen LogP contribution in [0.5, 0.6) is 0 Å². The number of benzene rings is 1. The lowest BCUT2D eigenvalue weighted by atomic mass is 10.1. The number of aromatic nitrogens is 3. The summed E-state index contributed by atoms with van der Waals surface area (Å²) in [6, 6.07) is 14.5. The summed E-state index contributed by atoms with van der Waals surface area (Å²) in [7, 11) is 0. The zero-order valence-corrected chi connectivity index (χ0v) is 16.2. The zero-order chi connectivity index (χ0) is 18.2. The van der Waals surface area contributed by atoms with E-state index in [0.717, 1.165) is 37.3 Å². The number of rotatable bonds is 9. The number of anilines is 1. The number of aryl methyl sites for hydroxylation is 1. The smallest absolute Gasteiger partial charge is 0.0956 e. The fraction of sp³-hybridized carbons (Fsp3) is 0.333. The van der Waals surface area contributed by atoms with E-state index in [-0.39, 0.29) is 0 Å². The van der Waals surface area contributed by atoms with Crippen molar-refractivity contribution in [3.63, 3.8) is 0 Å². The van der Waals surface area contributed by atoms with E-state index in [2.05, 4.69) is 58.4 Å². The Kier molecular flexibility index (Phi) is 6.72. The molecule has 4 nitrogen and oxygen atoms in total. The van der Waals surface area contributed by atoms with Gasteiger partial charge in [0.2, 0.25) is 0 Å². The molecule has 3 rings (SSSR count). The molecule has 1 aromatic carbocycles. The third-order valence-electron chi connectivity index (χ3n) is 4.44. The molecule has 0 unspecified atom stereocenters. The summed E-state index contributed by atoms with van der Waals surface area (Å²) < 4.78 is 2.32. The fourth-order valence-electron chi connectivity index (χ4n) is 2.96. The van der Waals surface area contributed by atoms with Gasteiger partial charge in [0.1, 0.15) is 0 Å². The molecule has 0 amide bonds. The summed E-state index contributed by atoms with van der Waals surface area (Å²) in [5.41, 5.74) is 4.72. The number of imidazole rings is 1. The van der Waals surface area contributed by atoms with E-state index < -0.39 is 0 Å². The number of pyridine rings is 1. The predicted octanol–water partition coefficient (Wildman–Crippen LogP) is 4.74. The first-order chi connectivity index (χ1) is 12.8. The SMILES string of the molecule is CS[C@H](C)Cc1c(-c2ccccc2)ncn1CCCNc1cccnc1. The van der Waals surface area contributed by atoms with Crippen LogP contribution in [0.25, 0.3) is 11.3 Å². The van der Waals surface area contributed by atoms with Crippen LogP contribution in [0.3, 0.4) is 0 Å². The molecule has 2 heterocycles. The highest BCUT2D eigenvalue weighted by molar-refractivity contribution is 7.99. The maximum Gasteiger partial charge on any atom is 0.0956 e. The van der Waals surface area contributed by atoms with Crippen LogP contribution in [0.1, 0.15) is 19.0 Å². The monoisotopic (exact) mass is 366 g/mol. The Hall–Kier alpha value is -2.27. The van der Waals surface area contributed by atoms with E-state index in [4.69, 9.17) is 4.98 Å². The maximum absolute atomic E-state index is 4.73. The van der Waals surface area contributed by atoms with Crippen LogP contribution in [0, 0.1) is 0 Å². The van der Waals surface area contributed by atoms with E-state index in [1.807, 2.05) is 36.4 Å². The van der Waals surface area contributed by atoms with Gasteiger partial charge in [0, 0.05) is 48.4 Å². The fourth-order valence-corrected chi connectivity index (χ4v) is 3.28. The van der Waals surface area contributed by atoms with Crippen molar-refractivity contribution in [3.05, 3.63) is 66.9 Å². The number of thioether (sulfide) groups is 1. The summed E-state index contributed by atoms with van der Waals surface area (Å²) in [5, 5.41) is 4.00. The van der Waals surface area contributed by atoms with E-state index in [9.17, 15) is 0 Å². The minimum absolute atomic E-state index is 0.571. The summed E-state index contributed by atoms with van der Waals surface area (Å²) in [4.78, 5) is 8.87. The maximum atomic E-state index is 4.73. The topological polar surface area (TPSA) is 42.7 Å². The highest BCUT2D eigenvalue weighted by Gasteiger charge is 2.15.